The minimum atomic E-state index is -0.246. The number of aromatic nitrogens is 3. The number of nitrogens with zero attached hydrogens (tertiary/aromatic N) is 4. The van der Waals surface area contributed by atoms with Crippen LogP contribution in [0, 0.1) is 0 Å². The largest absolute Gasteiger partial charge is 0.294 e. The second-order valence-corrected chi connectivity index (χ2v) is 7.96. The molecule has 146 valence electrons. The molecule has 0 bridgehead atoms. The Morgan fingerprint density at radius 2 is 1.69 bits per heavy atom. The summed E-state index contributed by atoms with van der Waals surface area (Å²) in [5, 5.41) is 11.1. The van der Waals surface area contributed by atoms with E-state index in [1.54, 1.807) is 28.9 Å². The lowest BCUT2D eigenvalue weighted by atomic mass is 10.1. The highest BCUT2D eigenvalue weighted by atomic mass is 35.5. The number of hydrogen-bond donors (Lipinski definition) is 0. The molecule has 2 heterocycles. The lowest BCUT2D eigenvalue weighted by Crippen LogP contribution is -2.41. The number of halogens is 1. The zero-order valence-corrected chi connectivity index (χ0v) is 17.4. The predicted octanol–water partition coefficient (Wildman–Crippen LogP) is 4.07. The molecule has 1 aromatic heterocycles. The smallest absolute Gasteiger partial charge is 0.243 e. The van der Waals surface area contributed by atoms with Crippen LogP contribution in [0.5, 0.6) is 0 Å². The van der Waals surface area contributed by atoms with E-state index in [9.17, 15) is 9.59 Å². The summed E-state index contributed by atoms with van der Waals surface area (Å²) in [7, 11) is 0. The molecule has 0 saturated carbocycles. The fourth-order valence-corrected chi connectivity index (χ4v) is 4.29. The molecule has 0 atom stereocenters. The van der Waals surface area contributed by atoms with E-state index >= 15 is 0 Å². The van der Waals surface area contributed by atoms with Gasteiger partial charge in [0.15, 0.2) is 11.6 Å². The monoisotopic (exact) mass is 424 g/mol. The Morgan fingerprint density at radius 1 is 1.00 bits per heavy atom. The zero-order valence-electron chi connectivity index (χ0n) is 15.8. The molecular weight excluding hydrogens is 408 g/mol. The van der Waals surface area contributed by atoms with Crippen molar-refractivity contribution in [3.8, 4) is 0 Å². The first kappa shape index (κ1) is 19.4. The number of fused-ring (bicyclic) bond motifs is 1. The third kappa shape index (κ3) is 3.71. The maximum atomic E-state index is 12.8. The van der Waals surface area contributed by atoms with Gasteiger partial charge in [-0.1, -0.05) is 54.1 Å². The molecule has 6 nitrogen and oxygen atoms in total. The van der Waals surface area contributed by atoms with E-state index in [2.05, 4.69) is 10.2 Å². The van der Waals surface area contributed by atoms with Crippen LogP contribution in [0.25, 0.3) is 5.70 Å². The van der Waals surface area contributed by atoms with Crippen LogP contribution in [0.2, 0.25) is 5.02 Å². The van der Waals surface area contributed by atoms with Crippen molar-refractivity contribution in [1.82, 2.24) is 14.9 Å². The van der Waals surface area contributed by atoms with Crippen molar-refractivity contribution in [2.45, 2.75) is 25.4 Å². The molecule has 0 radical (unpaired) electrons. The minimum Gasteiger partial charge on any atom is -0.294 e. The van der Waals surface area contributed by atoms with Gasteiger partial charge in [0.1, 0.15) is 0 Å². The number of Topliss-reactive ketones (excluding diaryl/α,β-unsaturated/α-hetero) is 1. The van der Waals surface area contributed by atoms with Gasteiger partial charge in [-0.25, -0.2) is 9.69 Å². The quantitative estimate of drug-likeness (QED) is 0.631. The molecule has 0 spiro atoms. The van der Waals surface area contributed by atoms with E-state index in [1.165, 1.54) is 30.6 Å². The van der Waals surface area contributed by atoms with Crippen molar-refractivity contribution in [3.05, 3.63) is 81.5 Å². The van der Waals surface area contributed by atoms with Crippen LogP contribution in [0.3, 0.4) is 0 Å². The van der Waals surface area contributed by atoms with Crippen LogP contribution < -0.4 is 5.01 Å². The molecule has 2 aromatic carbocycles. The molecule has 0 fully saturated rings. The van der Waals surface area contributed by atoms with E-state index < -0.39 is 0 Å². The van der Waals surface area contributed by atoms with Crippen LogP contribution >= 0.6 is 23.4 Å². The first-order chi connectivity index (χ1) is 14.0. The molecule has 3 aromatic rings. The second kappa shape index (κ2) is 7.85. The summed E-state index contributed by atoms with van der Waals surface area (Å²) in [6.07, 6.45) is 0.501. The van der Waals surface area contributed by atoms with Crippen molar-refractivity contribution in [1.29, 1.82) is 0 Å². The third-order valence-corrected chi connectivity index (χ3v) is 5.81. The Morgan fingerprint density at radius 3 is 2.31 bits per heavy atom. The molecular formula is C21H17ClN4O2S. The summed E-state index contributed by atoms with van der Waals surface area (Å²) in [5.41, 5.74) is 2.27. The SMILES string of the molecule is CC(=O)C1=C(c2ccc(Cl)cc2)N(C(C)=O)n2c(Cc3ccccc3)nnc2S1. The maximum Gasteiger partial charge on any atom is 0.243 e. The number of hydrogen-bond acceptors (Lipinski definition) is 5. The highest BCUT2D eigenvalue weighted by Gasteiger charge is 2.34. The van der Waals surface area contributed by atoms with Gasteiger partial charge in [0, 0.05) is 23.9 Å². The predicted molar refractivity (Wildman–Crippen MR) is 113 cm³/mol. The lowest BCUT2D eigenvalue weighted by Gasteiger charge is -2.32. The average molecular weight is 425 g/mol. The van der Waals surface area contributed by atoms with E-state index in [4.69, 9.17) is 11.6 Å². The lowest BCUT2D eigenvalue weighted by molar-refractivity contribution is -0.117. The number of thioether (sulfide) groups is 1. The van der Waals surface area contributed by atoms with Crippen LogP contribution in [-0.2, 0) is 16.0 Å². The number of amides is 1. The summed E-state index contributed by atoms with van der Waals surface area (Å²) in [6, 6.07) is 16.9. The molecule has 1 amide bonds. The van der Waals surface area contributed by atoms with Gasteiger partial charge < -0.3 is 0 Å². The standard InChI is InChI=1S/C21H17ClN4O2S/c1-13(27)20-19(16-8-10-17(22)11-9-16)25(14(2)28)26-18(23-24-21(26)29-20)12-15-6-4-3-5-7-15/h3-11H,12H2,1-2H3. The van der Waals surface area contributed by atoms with Gasteiger partial charge in [-0.3, -0.25) is 9.59 Å². The highest BCUT2D eigenvalue weighted by Crippen LogP contribution is 2.40. The van der Waals surface area contributed by atoms with Gasteiger partial charge in [0.25, 0.3) is 0 Å². The molecule has 0 aliphatic carbocycles. The van der Waals surface area contributed by atoms with E-state index in [0.29, 0.717) is 38.6 Å². The van der Waals surface area contributed by atoms with E-state index in [-0.39, 0.29) is 11.7 Å². The van der Waals surface area contributed by atoms with Crippen LogP contribution in [0.1, 0.15) is 30.8 Å². The Bertz CT molecular complexity index is 1120. The van der Waals surface area contributed by atoms with Gasteiger partial charge in [0.05, 0.1) is 10.6 Å². The molecule has 1 aliphatic heterocycles. The molecule has 0 unspecified atom stereocenters. The minimum absolute atomic E-state index is 0.148. The summed E-state index contributed by atoms with van der Waals surface area (Å²) in [6.45, 7) is 2.94. The Balaban J connectivity index is 1.87. The summed E-state index contributed by atoms with van der Waals surface area (Å²) in [5.74, 6) is 0.220. The summed E-state index contributed by atoms with van der Waals surface area (Å²) < 4.78 is 1.69. The van der Waals surface area contributed by atoms with E-state index in [1.807, 2.05) is 30.3 Å². The van der Waals surface area contributed by atoms with Crippen molar-refractivity contribution in [3.63, 3.8) is 0 Å². The Hall–Kier alpha value is -2.90. The maximum absolute atomic E-state index is 12.8. The van der Waals surface area contributed by atoms with Crippen molar-refractivity contribution in [2.75, 3.05) is 5.01 Å². The molecule has 0 N–H and O–H groups in total. The van der Waals surface area contributed by atoms with Crippen LogP contribution in [0.15, 0.2) is 64.7 Å². The van der Waals surface area contributed by atoms with E-state index in [0.717, 1.165) is 5.56 Å². The first-order valence-electron chi connectivity index (χ1n) is 8.94. The fourth-order valence-electron chi connectivity index (χ4n) is 3.18. The summed E-state index contributed by atoms with van der Waals surface area (Å²) in [4.78, 5) is 25.6. The van der Waals surface area contributed by atoms with Gasteiger partial charge in [-0.05, 0) is 36.4 Å². The average Bonchev–Trinajstić information content (AvgIpc) is 3.10. The van der Waals surface area contributed by atoms with Crippen molar-refractivity contribution < 1.29 is 9.59 Å². The molecule has 8 heteroatoms. The number of carbonyl (C=O) groups excluding carboxylic acids is 2. The Kier molecular flexibility index (Phi) is 5.25. The highest BCUT2D eigenvalue weighted by molar-refractivity contribution is 8.04. The van der Waals surface area contributed by atoms with Crippen LogP contribution in [-0.4, -0.2) is 26.6 Å². The topological polar surface area (TPSA) is 68.1 Å². The van der Waals surface area contributed by atoms with Gasteiger partial charge in [-0.2, -0.15) is 0 Å². The third-order valence-electron chi connectivity index (χ3n) is 4.44. The fraction of sp³-hybridized carbons (Fsp3) is 0.143. The Labute approximate surface area is 177 Å². The normalized spacial score (nSPS) is 13.4. The number of benzene rings is 2. The number of allylic oxidation sites excluding steroid dienone is 1. The molecule has 1 aliphatic rings. The molecule has 29 heavy (non-hydrogen) atoms. The van der Waals surface area contributed by atoms with Gasteiger partial charge in [-0.15, -0.1) is 10.2 Å². The van der Waals surface area contributed by atoms with Gasteiger partial charge in [0.2, 0.25) is 11.1 Å². The summed E-state index contributed by atoms with van der Waals surface area (Å²) >= 11 is 7.25. The van der Waals surface area contributed by atoms with Crippen molar-refractivity contribution >= 4 is 40.8 Å². The van der Waals surface area contributed by atoms with Crippen molar-refractivity contribution in [2.24, 2.45) is 0 Å². The zero-order chi connectivity index (χ0) is 20.5. The number of carbonyl (C=O) groups is 2. The molecule has 0 saturated heterocycles. The van der Waals surface area contributed by atoms with Gasteiger partial charge >= 0.3 is 0 Å². The molecule has 4 rings (SSSR count). The first-order valence-corrected chi connectivity index (χ1v) is 10.1. The second-order valence-electron chi connectivity index (χ2n) is 6.55. The number of ketones is 1. The number of rotatable bonds is 4. The van der Waals surface area contributed by atoms with Crippen LogP contribution in [0.4, 0.5) is 0 Å².